The third-order valence-corrected chi connectivity index (χ3v) is 3.66. The highest BCUT2D eigenvalue weighted by atomic mass is 16.6. The molecule has 1 aliphatic rings. The van der Waals surface area contributed by atoms with Gasteiger partial charge in [0.2, 0.25) is 0 Å². The molecule has 110 valence electrons. The molecule has 0 aromatic rings. The van der Waals surface area contributed by atoms with E-state index in [0.29, 0.717) is 12.8 Å². The number of carboxylic acid groups (broad SMARTS) is 1. The highest BCUT2D eigenvalue weighted by Gasteiger charge is 2.47. The molecule has 0 saturated heterocycles. The van der Waals surface area contributed by atoms with Crippen molar-refractivity contribution in [2.24, 2.45) is 11.3 Å². The van der Waals surface area contributed by atoms with Gasteiger partial charge in [-0.05, 0) is 6.42 Å². The lowest BCUT2D eigenvalue weighted by Crippen LogP contribution is -2.48. The maximum absolute atomic E-state index is 11.5. The normalized spacial score (nSPS) is 25.6. The second-order valence-corrected chi connectivity index (χ2v) is 4.81. The number of rotatable bonds is 6. The molecule has 8 nitrogen and oxygen atoms in total. The summed E-state index contributed by atoms with van der Waals surface area (Å²) in [5.41, 5.74) is -2.76. The highest BCUT2D eigenvalue weighted by molar-refractivity contribution is 5.77. The third kappa shape index (κ3) is 2.68. The smallest absolute Gasteiger partial charge is 0.272 e. The van der Waals surface area contributed by atoms with Crippen molar-refractivity contribution < 1.29 is 19.7 Å². The van der Waals surface area contributed by atoms with Crippen LogP contribution < -0.4 is 5.11 Å². The summed E-state index contributed by atoms with van der Waals surface area (Å²) in [7, 11) is 0. The lowest BCUT2D eigenvalue weighted by atomic mass is 9.68. The fourth-order valence-electron chi connectivity index (χ4n) is 2.38. The lowest BCUT2D eigenvalue weighted by Gasteiger charge is -2.37. The number of aliphatic carboxylic acids is 1. The predicted octanol–water partition coefficient (Wildman–Crippen LogP) is 0.884. The van der Waals surface area contributed by atoms with Crippen LogP contribution >= 0.6 is 0 Å². The van der Waals surface area contributed by atoms with Crippen LogP contribution in [0, 0.1) is 31.6 Å². The molecular weight excluding hydrogens is 268 g/mol. The molecule has 0 aromatic carbocycles. The molecule has 0 aromatic heterocycles. The van der Waals surface area contributed by atoms with Gasteiger partial charge in [0, 0.05) is 11.5 Å². The van der Waals surface area contributed by atoms with Gasteiger partial charge in [-0.3, -0.25) is 20.2 Å². The molecule has 0 bridgehead atoms. The Labute approximate surface area is 115 Å². The summed E-state index contributed by atoms with van der Waals surface area (Å²) < 4.78 is 0. The van der Waals surface area contributed by atoms with E-state index in [2.05, 4.69) is 0 Å². The molecule has 2 unspecified atom stereocenters. The molecule has 0 radical (unpaired) electrons. The number of carbonyl (C=O) groups is 1. The van der Waals surface area contributed by atoms with Gasteiger partial charge in [-0.15, -0.1) is 0 Å². The molecule has 2 atom stereocenters. The van der Waals surface area contributed by atoms with E-state index >= 15 is 0 Å². The fraction of sp³-hybridized carbons (Fsp3) is 0.583. The van der Waals surface area contributed by atoms with Crippen molar-refractivity contribution in [1.82, 2.24) is 0 Å². The Hall–Kier alpha value is -2.25. The molecule has 0 N–H and O–H groups in total. The first-order chi connectivity index (χ1) is 9.26. The number of hydrogen-bond acceptors (Lipinski definition) is 6. The lowest BCUT2D eigenvalue weighted by molar-refractivity contribution is -0.446. The molecule has 0 heterocycles. The number of allylic oxidation sites excluding steroid dienone is 2. The minimum atomic E-state index is -1.71. The van der Waals surface area contributed by atoms with Crippen LogP contribution in [0.5, 0.6) is 0 Å². The topological polar surface area (TPSA) is 126 Å². The number of carbonyl (C=O) groups excluding carboxylic acids is 1. The summed E-state index contributed by atoms with van der Waals surface area (Å²) >= 11 is 0. The van der Waals surface area contributed by atoms with Crippen molar-refractivity contribution in [2.75, 3.05) is 0 Å². The Morgan fingerprint density at radius 1 is 1.35 bits per heavy atom. The van der Waals surface area contributed by atoms with Gasteiger partial charge in [0.05, 0.1) is 27.8 Å². The quantitative estimate of drug-likeness (QED) is 0.526. The van der Waals surface area contributed by atoms with E-state index in [9.17, 15) is 30.1 Å². The summed E-state index contributed by atoms with van der Waals surface area (Å²) in [6.45, 7) is 3.21. The Morgan fingerprint density at radius 2 is 1.95 bits per heavy atom. The van der Waals surface area contributed by atoms with Gasteiger partial charge in [0.15, 0.2) is 0 Å². The largest absolute Gasteiger partial charge is 0.549 e. The van der Waals surface area contributed by atoms with Gasteiger partial charge in [-0.2, -0.15) is 0 Å². The van der Waals surface area contributed by atoms with Crippen molar-refractivity contribution in [3.05, 3.63) is 43.8 Å². The number of carboxylic acids is 1. The Kier molecular flexibility index (Phi) is 4.59. The Morgan fingerprint density at radius 3 is 2.35 bits per heavy atom. The van der Waals surface area contributed by atoms with Gasteiger partial charge in [0.1, 0.15) is 0 Å². The maximum Gasteiger partial charge on any atom is 0.272 e. The summed E-state index contributed by atoms with van der Waals surface area (Å²) in [4.78, 5) is 31.8. The highest BCUT2D eigenvalue weighted by Crippen LogP contribution is 2.43. The number of nitrogens with zero attached hydrogens (tertiary/aromatic N) is 2. The maximum atomic E-state index is 11.5. The summed E-state index contributed by atoms with van der Waals surface area (Å²) in [6.07, 6.45) is 3.01. The van der Waals surface area contributed by atoms with E-state index < -0.39 is 38.5 Å². The van der Waals surface area contributed by atoms with Gasteiger partial charge in [0.25, 0.3) is 11.4 Å². The zero-order chi connectivity index (χ0) is 15.5. The van der Waals surface area contributed by atoms with E-state index in [1.165, 1.54) is 6.92 Å². The van der Waals surface area contributed by atoms with Gasteiger partial charge in [-0.25, -0.2) is 0 Å². The standard InChI is InChI=1S/C12H16N2O6/c1-3-4-5-12(11(15)16)7-9(13(17)18)6-10(8(12)2)14(19)20/h6-8H,3-5H2,1-2H3,(H,15,16)/p-1. The van der Waals surface area contributed by atoms with E-state index in [1.807, 2.05) is 6.92 Å². The van der Waals surface area contributed by atoms with Crippen molar-refractivity contribution in [1.29, 1.82) is 0 Å². The average molecular weight is 283 g/mol. The summed E-state index contributed by atoms with van der Waals surface area (Å²) in [5.74, 6) is -2.51. The van der Waals surface area contributed by atoms with E-state index in [4.69, 9.17) is 0 Å². The molecule has 0 amide bonds. The predicted molar refractivity (Wildman–Crippen MR) is 66.3 cm³/mol. The first-order valence-corrected chi connectivity index (χ1v) is 6.21. The number of nitro groups is 2. The van der Waals surface area contributed by atoms with Crippen molar-refractivity contribution in [3.8, 4) is 0 Å². The summed E-state index contributed by atoms with van der Waals surface area (Å²) in [5, 5.41) is 33.4. The Balaban J connectivity index is 3.42. The molecule has 1 rings (SSSR count). The van der Waals surface area contributed by atoms with Crippen LogP contribution in [0.1, 0.15) is 33.1 Å². The van der Waals surface area contributed by atoms with Crippen LogP contribution in [-0.4, -0.2) is 15.8 Å². The monoisotopic (exact) mass is 283 g/mol. The molecule has 0 fully saturated rings. The van der Waals surface area contributed by atoms with Crippen molar-refractivity contribution in [3.63, 3.8) is 0 Å². The fourth-order valence-corrected chi connectivity index (χ4v) is 2.38. The first-order valence-electron chi connectivity index (χ1n) is 6.21. The molecular formula is C12H15N2O6-. The van der Waals surface area contributed by atoms with Crippen LogP contribution in [-0.2, 0) is 4.79 Å². The van der Waals surface area contributed by atoms with Crippen molar-refractivity contribution in [2.45, 2.75) is 33.1 Å². The van der Waals surface area contributed by atoms with Crippen LogP contribution in [0.4, 0.5) is 0 Å². The number of unbranched alkanes of at least 4 members (excludes halogenated alkanes) is 1. The molecule has 0 aliphatic heterocycles. The molecule has 1 aliphatic carbocycles. The van der Waals surface area contributed by atoms with Crippen LogP contribution in [0.25, 0.3) is 0 Å². The molecule has 20 heavy (non-hydrogen) atoms. The molecule has 0 saturated carbocycles. The van der Waals surface area contributed by atoms with Crippen LogP contribution in [0.2, 0.25) is 0 Å². The van der Waals surface area contributed by atoms with Crippen LogP contribution in [0.15, 0.2) is 23.5 Å². The minimum Gasteiger partial charge on any atom is -0.549 e. The van der Waals surface area contributed by atoms with E-state index in [-0.39, 0.29) is 6.42 Å². The van der Waals surface area contributed by atoms with Crippen molar-refractivity contribution >= 4 is 5.97 Å². The van der Waals surface area contributed by atoms with E-state index in [0.717, 1.165) is 12.2 Å². The Bertz CT molecular complexity index is 510. The minimum absolute atomic E-state index is 0.0650. The number of hydrogen-bond donors (Lipinski definition) is 0. The van der Waals surface area contributed by atoms with Crippen LogP contribution in [0.3, 0.4) is 0 Å². The van der Waals surface area contributed by atoms with E-state index in [1.54, 1.807) is 0 Å². The first kappa shape index (κ1) is 15.8. The summed E-state index contributed by atoms with van der Waals surface area (Å²) in [6, 6.07) is 0. The third-order valence-electron chi connectivity index (χ3n) is 3.66. The van der Waals surface area contributed by atoms with Gasteiger partial charge in [-0.1, -0.05) is 26.7 Å². The second-order valence-electron chi connectivity index (χ2n) is 4.81. The average Bonchev–Trinajstić information content (AvgIpc) is 2.36. The molecule has 0 spiro atoms. The van der Waals surface area contributed by atoms with Gasteiger partial charge >= 0.3 is 0 Å². The molecule has 8 heteroatoms. The zero-order valence-electron chi connectivity index (χ0n) is 11.2. The zero-order valence-corrected chi connectivity index (χ0v) is 11.2. The van der Waals surface area contributed by atoms with Gasteiger partial charge < -0.3 is 9.90 Å². The SMILES string of the molecule is CCCCC1(C(=O)[O-])C=C([N+](=O)[O-])C=C([N+](=O)[O-])C1C. The second kappa shape index (κ2) is 5.81.